The number of hydrogen-bond acceptors (Lipinski definition) is 3. The predicted octanol–water partition coefficient (Wildman–Crippen LogP) is 5.43. The molecule has 0 saturated carbocycles. The summed E-state index contributed by atoms with van der Waals surface area (Å²) in [5.74, 6) is 0. The molecule has 2 nitrogen and oxygen atoms in total. The number of nitrogens with zero attached hydrogens (tertiary/aromatic N) is 2. The molecule has 0 radical (unpaired) electrons. The zero-order valence-corrected chi connectivity index (χ0v) is 13.2. The van der Waals surface area contributed by atoms with E-state index in [0.717, 1.165) is 21.8 Å². The Labute approximate surface area is 139 Å². The van der Waals surface area contributed by atoms with Crippen molar-refractivity contribution >= 4 is 23.0 Å². The van der Waals surface area contributed by atoms with Gasteiger partial charge in [0.15, 0.2) is 0 Å². The summed E-state index contributed by atoms with van der Waals surface area (Å²) in [6, 6.07) is 22.2. The van der Waals surface area contributed by atoms with Gasteiger partial charge in [0.2, 0.25) is 0 Å². The predicted molar refractivity (Wildman–Crippen MR) is 96.6 cm³/mol. The van der Waals surface area contributed by atoms with Gasteiger partial charge in [0, 0.05) is 10.9 Å². The number of thiazole rings is 1. The van der Waals surface area contributed by atoms with Crippen LogP contribution in [0.25, 0.3) is 22.9 Å². The van der Waals surface area contributed by atoms with E-state index in [-0.39, 0.29) is 0 Å². The highest BCUT2D eigenvalue weighted by atomic mass is 32.1. The zero-order chi connectivity index (χ0) is 15.9. The van der Waals surface area contributed by atoms with E-state index in [1.165, 1.54) is 11.3 Å². The average Bonchev–Trinajstić information content (AvgIpc) is 3.10. The van der Waals surface area contributed by atoms with E-state index in [4.69, 9.17) is 0 Å². The van der Waals surface area contributed by atoms with E-state index >= 15 is 0 Å². The van der Waals surface area contributed by atoms with Crippen molar-refractivity contribution in [2.45, 2.75) is 0 Å². The van der Waals surface area contributed by atoms with E-state index < -0.39 is 0 Å². The summed E-state index contributed by atoms with van der Waals surface area (Å²) in [6.07, 6.45) is 5.67. The summed E-state index contributed by atoms with van der Waals surface area (Å²) in [7, 11) is 0. The van der Waals surface area contributed by atoms with E-state index in [0.29, 0.717) is 5.57 Å². The van der Waals surface area contributed by atoms with E-state index in [1.807, 2.05) is 78.2 Å². The second kappa shape index (κ2) is 7.35. The molecule has 0 aliphatic rings. The largest absolute Gasteiger partial charge is 0.235 e. The van der Waals surface area contributed by atoms with Crippen molar-refractivity contribution in [1.82, 2.24) is 4.98 Å². The summed E-state index contributed by atoms with van der Waals surface area (Å²) in [5, 5.41) is 12.1. The smallest absolute Gasteiger partial charge is 0.134 e. The second-order valence-corrected chi connectivity index (χ2v) is 5.72. The van der Waals surface area contributed by atoms with Crippen molar-refractivity contribution in [2.75, 3.05) is 0 Å². The van der Waals surface area contributed by atoms with Crippen molar-refractivity contribution in [2.24, 2.45) is 0 Å². The summed E-state index contributed by atoms with van der Waals surface area (Å²) in [4.78, 5) is 4.57. The molecule has 0 N–H and O–H groups in total. The standard InChI is InChI=1S/C20H14N2S/c21-14-18(13-7-10-16-8-3-1-4-9-16)20-22-19(15-23-20)17-11-5-2-6-12-17/h1-13,15H/b10-7+,18-13-. The van der Waals surface area contributed by atoms with Gasteiger partial charge in [-0.2, -0.15) is 5.26 Å². The first-order valence-corrected chi connectivity index (χ1v) is 8.09. The summed E-state index contributed by atoms with van der Waals surface area (Å²) < 4.78 is 0. The number of allylic oxidation sites excluding steroid dienone is 3. The number of hydrogen-bond donors (Lipinski definition) is 0. The topological polar surface area (TPSA) is 36.7 Å². The van der Waals surface area contributed by atoms with E-state index in [9.17, 15) is 5.26 Å². The van der Waals surface area contributed by atoms with Gasteiger partial charge in [0.25, 0.3) is 0 Å². The molecule has 0 bridgehead atoms. The molecule has 0 fully saturated rings. The monoisotopic (exact) mass is 314 g/mol. The first-order valence-electron chi connectivity index (χ1n) is 7.21. The Hall–Kier alpha value is -2.96. The van der Waals surface area contributed by atoms with Gasteiger partial charge in [0.05, 0.1) is 11.3 Å². The minimum atomic E-state index is 0.573. The maximum atomic E-state index is 9.37. The molecule has 23 heavy (non-hydrogen) atoms. The van der Waals surface area contributed by atoms with Gasteiger partial charge < -0.3 is 0 Å². The van der Waals surface area contributed by atoms with Crippen LogP contribution in [0.2, 0.25) is 0 Å². The molecular weight excluding hydrogens is 300 g/mol. The number of aromatic nitrogens is 1. The van der Waals surface area contributed by atoms with Crippen LogP contribution in [0.5, 0.6) is 0 Å². The Kier molecular flexibility index (Phi) is 4.78. The van der Waals surface area contributed by atoms with E-state index in [1.54, 1.807) is 6.08 Å². The Bertz CT molecular complexity index is 869. The van der Waals surface area contributed by atoms with Gasteiger partial charge in [-0.25, -0.2) is 4.98 Å². The molecule has 0 atom stereocenters. The second-order valence-electron chi connectivity index (χ2n) is 4.87. The lowest BCUT2D eigenvalue weighted by molar-refractivity contribution is 1.37. The summed E-state index contributed by atoms with van der Waals surface area (Å²) in [5.41, 5.74) is 3.64. The first kappa shape index (κ1) is 15.0. The molecule has 3 heteroatoms. The molecule has 3 rings (SSSR count). The Morgan fingerprint density at radius 2 is 1.70 bits per heavy atom. The van der Waals surface area contributed by atoms with Crippen LogP contribution >= 0.6 is 11.3 Å². The molecule has 1 aromatic heterocycles. The van der Waals surface area contributed by atoms with Crippen LogP contribution in [-0.4, -0.2) is 4.98 Å². The Morgan fingerprint density at radius 1 is 1.00 bits per heavy atom. The maximum absolute atomic E-state index is 9.37. The van der Waals surface area contributed by atoms with Crippen LogP contribution in [0.3, 0.4) is 0 Å². The third-order valence-corrected chi connectivity index (χ3v) is 4.15. The van der Waals surface area contributed by atoms with Gasteiger partial charge in [0.1, 0.15) is 11.1 Å². The fraction of sp³-hybridized carbons (Fsp3) is 0. The lowest BCUT2D eigenvalue weighted by Gasteiger charge is -1.94. The van der Waals surface area contributed by atoms with Crippen LogP contribution < -0.4 is 0 Å². The van der Waals surface area contributed by atoms with Crippen molar-refractivity contribution in [3.63, 3.8) is 0 Å². The van der Waals surface area contributed by atoms with Crippen LogP contribution in [0.1, 0.15) is 10.6 Å². The molecule has 0 unspecified atom stereocenters. The Balaban J connectivity index is 1.82. The molecule has 0 aliphatic carbocycles. The molecule has 0 spiro atoms. The molecular formula is C20H14N2S. The third-order valence-electron chi connectivity index (χ3n) is 3.28. The van der Waals surface area contributed by atoms with Crippen molar-refractivity contribution in [3.8, 4) is 17.3 Å². The van der Waals surface area contributed by atoms with Crippen LogP contribution in [-0.2, 0) is 0 Å². The third kappa shape index (κ3) is 3.82. The molecule has 1 heterocycles. The number of benzene rings is 2. The van der Waals surface area contributed by atoms with Crippen LogP contribution in [0, 0.1) is 11.3 Å². The highest BCUT2D eigenvalue weighted by Crippen LogP contribution is 2.25. The molecule has 0 amide bonds. The van der Waals surface area contributed by atoms with E-state index in [2.05, 4.69) is 11.1 Å². The quantitative estimate of drug-likeness (QED) is 0.475. The molecule has 0 aliphatic heterocycles. The van der Waals surface area contributed by atoms with Gasteiger partial charge >= 0.3 is 0 Å². The van der Waals surface area contributed by atoms with Gasteiger partial charge in [-0.3, -0.25) is 0 Å². The Morgan fingerprint density at radius 3 is 2.39 bits per heavy atom. The maximum Gasteiger partial charge on any atom is 0.134 e. The van der Waals surface area contributed by atoms with Crippen molar-refractivity contribution in [3.05, 3.63) is 88.8 Å². The lowest BCUT2D eigenvalue weighted by Crippen LogP contribution is -1.81. The molecule has 2 aromatic carbocycles. The van der Waals surface area contributed by atoms with Gasteiger partial charge in [-0.05, 0) is 11.6 Å². The van der Waals surface area contributed by atoms with Crippen LogP contribution in [0.4, 0.5) is 0 Å². The SMILES string of the molecule is N#C/C(=C/C=C/c1ccccc1)c1nc(-c2ccccc2)cs1. The van der Waals surface area contributed by atoms with Gasteiger partial charge in [-0.1, -0.05) is 72.8 Å². The fourth-order valence-electron chi connectivity index (χ4n) is 2.11. The fourth-order valence-corrected chi connectivity index (χ4v) is 2.92. The summed E-state index contributed by atoms with van der Waals surface area (Å²) >= 11 is 1.49. The minimum Gasteiger partial charge on any atom is -0.235 e. The minimum absolute atomic E-state index is 0.573. The van der Waals surface area contributed by atoms with Crippen molar-refractivity contribution in [1.29, 1.82) is 5.26 Å². The summed E-state index contributed by atoms with van der Waals surface area (Å²) in [6.45, 7) is 0. The normalized spacial score (nSPS) is 11.5. The highest BCUT2D eigenvalue weighted by Gasteiger charge is 2.07. The number of rotatable bonds is 4. The van der Waals surface area contributed by atoms with Gasteiger partial charge in [-0.15, -0.1) is 11.3 Å². The van der Waals surface area contributed by atoms with Crippen molar-refractivity contribution < 1.29 is 0 Å². The average molecular weight is 314 g/mol. The number of nitriles is 1. The zero-order valence-electron chi connectivity index (χ0n) is 12.4. The molecule has 0 saturated heterocycles. The molecule has 3 aromatic rings. The molecule has 110 valence electrons. The lowest BCUT2D eigenvalue weighted by atomic mass is 10.2. The highest BCUT2D eigenvalue weighted by molar-refractivity contribution is 7.11. The van der Waals surface area contributed by atoms with Crippen LogP contribution in [0.15, 0.2) is 78.2 Å². The first-order chi connectivity index (χ1) is 11.4.